The molecule has 0 saturated carbocycles. The fraction of sp³-hybridized carbons (Fsp3) is 0.292. The molecule has 8 nitrogen and oxygen atoms in total. The SMILES string of the molecule is O=C(NCCNC(=O)N1CCOC(c2ccccc2)C1)c1cn(-c2ccccc2)nc1C(F)(F)F. The first-order valence-corrected chi connectivity index (χ1v) is 11.0. The van der Waals surface area contributed by atoms with Crippen LogP contribution in [0.15, 0.2) is 66.9 Å². The zero-order chi connectivity index (χ0) is 24.8. The van der Waals surface area contributed by atoms with Gasteiger partial charge in [0.1, 0.15) is 6.10 Å². The van der Waals surface area contributed by atoms with Crippen LogP contribution in [0.25, 0.3) is 5.69 Å². The molecule has 4 rings (SSSR count). The minimum atomic E-state index is -4.80. The number of amides is 3. The van der Waals surface area contributed by atoms with Crippen LogP contribution in [0.4, 0.5) is 18.0 Å². The lowest BCUT2D eigenvalue weighted by Gasteiger charge is -2.33. The molecular formula is C24H24F3N5O3. The maximum atomic E-state index is 13.5. The van der Waals surface area contributed by atoms with Crippen molar-refractivity contribution >= 4 is 11.9 Å². The summed E-state index contributed by atoms with van der Waals surface area (Å²) in [6, 6.07) is 17.4. The Morgan fingerprint density at radius 1 is 1.00 bits per heavy atom. The van der Waals surface area contributed by atoms with Gasteiger partial charge in [0.2, 0.25) is 0 Å². The molecule has 35 heavy (non-hydrogen) atoms. The van der Waals surface area contributed by atoms with Crippen molar-refractivity contribution in [3.8, 4) is 5.69 Å². The van der Waals surface area contributed by atoms with E-state index in [0.717, 1.165) is 16.4 Å². The lowest BCUT2D eigenvalue weighted by Crippen LogP contribution is -2.48. The molecule has 1 atom stereocenters. The van der Waals surface area contributed by atoms with Crippen molar-refractivity contribution < 1.29 is 27.5 Å². The Bertz CT molecular complexity index is 1150. The third kappa shape index (κ3) is 5.99. The number of para-hydroxylation sites is 1. The normalized spacial score (nSPS) is 16.1. The minimum Gasteiger partial charge on any atom is -0.370 e. The van der Waals surface area contributed by atoms with Crippen molar-refractivity contribution in [1.29, 1.82) is 0 Å². The molecule has 0 spiro atoms. The molecule has 2 N–H and O–H groups in total. The van der Waals surface area contributed by atoms with Gasteiger partial charge in [-0.3, -0.25) is 4.79 Å². The fourth-order valence-corrected chi connectivity index (χ4v) is 3.72. The van der Waals surface area contributed by atoms with Crippen molar-refractivity contribution in [2.24, 2.45) is 0 Å². The molecule has 1 fully saturated rings. The average molecular weight is 487 g/mol. The molecule has 184 valence electrons. The van der Waals surface area contributed by atoms with Crippen LogP contribution >= 0.6 is 0 Å². The number of hydrogen-bond acceptors (Lipinski definition) is 4. The van der Waals surface area contributed by atoms with Crippen LogP contribution in [0.3, 0.4) is 0 Å². The van der Waals surface area contributed by atoms with Crippen LogP contribution < -0.4 is 10.6 Å². The Labute approximate surface area is 199 Å². The maximum absolute atomic E-state index is 13.5. The minimum absolute atomic E-state index is 0.0477. The number of nitrogens with one attached hydrogen (secondary N) is 2. The second-order valence-electron chi connectivity index (χ2n) is 7.87. The molecule has 2 heterocycles. The summed E-state index contributed by atoms with van der Waals surface area (Å²) >= 11 is 0. The van der Waals surface area contributed by atoms with E-state index in [-0.39, 0.29) is 25.2 Å². The van der Waals surface area contributed by atoms with Crippen molar-refractivity contribution in [1.82, 2.24) is 25.3 Å². The maximum Gasteiger partial charge on any atom is 0.435 e. The number of carbonyl (C=O) groups is 2. The molecule has 1 aliphatic heterocycles. The first-order valence-electron chi connectivity index (χ1n) is 11.0. The van der Waals surface area contributed by atoms with E-state index < -0.39 is 23.3 Å². The zero-order valence-corrected chi connectivity index (χ0v) is 18.7. The molecule has 3 amide bonds. The van der Waals surface area contributed by atoms with E-state index in [9.17, 15) is 22.8 Å². The van der Waals surface area contributed by atoms with Crippen LogP contribution in [0, 0.1) is 0 Å². The van der Waals surface area contributed by atoms with Gasteiger partial charge >= 0.3 is 12.2 Å². The van der Waals surface area contributed by atoms with Crippen LogP contribution in [-0.2, 0) is 10.9 Å². The smallest absolute Gasteiger partial charge is 0.370 e. The monoisotopic (exact) mass is 487 g/mol. The Balaban J connectivity index is 1.31. The molecule has 1 unspecified atom stereocenters. The van der Waals surface area contributed by atoms with E-state index in [0.29, 0.717) is 25.4 Å². The van der Waals surface area contributed by atoms with Crippen LogP contribution in [-0.4, -0.2) is 59.4 Å². The molecular weight excluding hydrogens is 463 g/mol. The topological polar surface area (TPSA) is 88.5 Å². The second kappa shape index (κ2) is 10.6. The summed E-state index contributed by atoms with van der Waals surface area (Å²) in [5, 5.41) is 8.66. The molecule has 0 radical (unpaired) electrons. The summed E-state index contributed by atoms with van der Waals surface area (Å²) in [7, 11) is 0. The molecule has 0 bridgehead atoms. The van der Waals surface area contributed by atoms with Gasteiger partial charge < -0.3 is 20.3 Å². The van der Waals surface area contributed by atoms with Crippen LogP contribution in [0.1, 0.15) is 27.7 Å². The predicted octanol–water partition coefficient (Wildman–Crippen LogP) is 3.40. The second-order valence-corrected chi connectivity index (χ2v) is 7.87. The van der Waals surface area contributed by atoms with Crippen molar-refractivity contribution in [3.63, 3.8) is 0 Å². The van der Waals surface area contributed by atoms with E-state index in [1.54, 1.807) is 35.2 Å². The summed E-state index contributed by atoms with van der Waals surface area (Å²) in [6.45, 7) is 1.16. The highest BCUT2D eigenvalue weighted by Gasteiger charge is 2.39. The third-order valence-electron chi connectivity index (χ3n) is 5.46. The number of alkyl halides is 3. The highest BCUT2D eigenvalue weighted by Crippen LogP contribution is 2.31. The number of aromatic nitrogens is 2. The molecule has 0 aliphatic carbocycles. The first-order chi connectivity index (χ1) is 16.8. The number of carbonyl (C=O) groups excluding carboxylic acids is 2. The molecule has 1 saturated heterocycles. The molecule has 11 heteroatoms. The number of hydrogen-bond donors (Lipinski definition) is 2. The van der Waals surface area contributed by atoms with E-state index >= 15 is 0 Å². The summed E-state index contributed by atoms with van der Waals surface area (Å²) in [6.07, 6.45) is -3.99. The summed E-state index contributed by atoms with van der Waals surface area (Å²) < 4.78 is 47.2. The highest BCUT2D eigenvalue weighted by atomic mass is 19.4. The van der Waals surface area contributed by atoms with Crippen LogP contribution in [0.2, 0.25) is 0 Å². The molecule has 2 aromatic carbocycles. The van der Waals surface area contributed by atoms with Crippen molar-refractivity contribution in [3.05, 3.63) is 83.7 Å². The van der Waals surface area contributed by atoms with Gasteiger partial charge in [0, 0.05) is 25.8 Å². The number of morpholine rings is 1. The lowest BCUT2D eigenvalue weighted by atomic mass is 10.1. The number of urea groups is 1. The average Bonchev–Trinajstić information content (AvgIpc) is 3.34. The van der Waals surface area contributed by atoms with Gasteiger partial charge in [-0.15, -0.1) is 0 Å². The first kappa shape index (κ1) is 24.3. The number of benzene rings is 2. The van der Waals surface area contributed by atoms with Gasteiger partial charge in [-0.1, -0.05) is 48.5 Å². The number of rotatable bonds is 6. The predicted molar refractivity (Wildman–Crippen MR) is 121 cm³/mol. The van der Waals surface area contributed by atoms with E-state index in [2.05, 4.69) is 15.7 Å². The molecule has 3 aromatic rings. The number of ether oxygens (including phenoxy) is 1. The van der Waals surface area contributed by atoms with E-state index in [1.165, 1.54) is 0 Å². The molecule has 1 aliphatic rings. The Kier molecular flexibility index (Phi) is 7.35. The summed E-state index contributed by atoms with van der Waals surface area (Å²) in [5.41, 5.74) is -0.507. The molecule has 1 aromatic heterocycles. The number of nitrogens with zero attached hydrogens (tertiary/aromatic N) is 3. The van der Waals surface area contributed by atoms with Gasteiger partial charge in [-0.2, -0.15) is 18.3 Å². The standard InChI is InChI=1S/C24H24F3N5O3/c25-24(26,27)21-19(15-32(30-21)18-9-5-2-6-10-18)22(33)28-11-12-29-23(34)31-13-14-35-20(16-31)17-7-3-1-4-8-17/h1-10,15,20H,11-14,16H2,(H,28,33)(H,29,34). The third-order valence-corrected chi connectivity index (χ3v) is 5.46. The van der Waals surface area contributed by atoms with Crippen molar-refractivity contribution in [2.45, 2.75) is 12.3 Å². The van der Waals surface area contributed by atoms with Gasteiger partial charge in [0.15, 0.2) is 5.69 Å². The van der Waals surface area contributed by atoms with Gasteiger partial charge in [0.05, 0.1) is 24.4 Å². The Morgan fingerprint density at radius 2 is 1.66 bits per heavy atom. The summed E-state index contributed by atoms with van der Waals surface area (Å²) in [4.78, 5) is 26.6. The Morgan fingerprint density at radius 3 is 2.34 bits per heavy atom. The van der Waals surface area contributed by atoms with Gasteiger partial charge in [0.25, 0.3) is 5.91 Å². The quantitative estimate of drug-likeness (QED) is 0.522. The van der Waals surface area contributed by atoms with Crippen molar-refractivity contribution in [2.75, 3.05) is 32.8 Å². The Hall–Kier alpha value is -3.86. The number of halogens is 3. The van der Waals surface area contributed by atoms with Gasteiger partial charge in [-0.05, 0) is 17.7 Å². The van der Waals surface area contributed by atoms with E-state index in [4.69, 9.17) is 4.74 Å². The highest BCUT2D eigenvalue weighted by molar-refractivity contribution is 5.95. The van der Waals surface area contributed by atoms with Crippen LogP contribution in [0.5, 0.6) is 0 Å². The lowest BCUT2D eigenvalue weighted by molar-refractivity contribution is -0.141. The van der Waals surface area contributed by atoms with Gasteiger partial charge in [-0.25, -0.2) is 9.48 Å². The summed E-state index contributed by atoms with van der Waals surface area (Å²) in [5.74, 6) is -0.927. The fourth-order valence-electron chi connectivity index (χ4n) is 3.72. The van der Waals surface area contributed by atoms with E-state index in [1.807, 2.05) is 30.3 Å². The largest absolute Gasteiger partial charge is 0.435 e. The zero-order valence-electron chi connectivity index (χ0n) is 18.7.